The molecule has 0 saturated carbocycles. The van der Waals surface area contributed by atoms with E-state index in [0.717, 1.165) is 11.4 Å². The highest BCUT2D eigenvalue weighted by Gasteiger charge is 2.06. The lowest BCUT2D eigenvalue weighted by molar-refractivity contribution is 0.101. The molecule has 92 valence electrons. The lowest BCUT2D eigenvalue weighted by Gasteiger charge is -2.14. The van der Waals surface area contributed by atoms with Crippen molar-refractivity contribution in [2.75, 3.05) is 5.32 Å². The average molecular weight is 241 g/mol. The summed E-state index contributed by atoms with van der Waals surface area (Å²) in [5.41, 5.74) is 1.76. The zero-order valence-electron chi connectivity index (χ0n) is 10.4. The quantitative estimate of drug-likeness (QED) is 0.836. The molecule has 2 aromatic rings. The van der Waals surface area contributed by atoms with Gasteiger partial charge in [-0.1, -0.05) is 0 Å². The van der Waals surface area contributed by atoms with Crippen molar-refractivity contribution in [3.05, 3.63) is 54.0 Å². The lowest BCUT2D eigenvalue weighted by atomic mass is 10.1. The van der Waals surface area contributed by atoms with E-state index >= 15 is 0 Å². The normalized spacial score (nSPS) is 11.9. The van der Waals surface area contributed by atoms with Crippen LogP contribution in [-0.2, 0) is 0 Å². The summed E-state index contributed by atoms with van der Waals surface area (Å²) in [5.74, 6) is 0.778. The van der Waals surface area contributed by atoms with Gasteiger partial charge in [0.2, 0.25) is 0 Å². The minimum atomic E-state index is 0.0243. The van der Waals surface area contributed by atoms with Crippen molar-refractivity contribution < 1.29 is 4.79 Å². The van der Waals surface area contributed by atoms with E-state index in [0.29, 0.717) is 5.56 Å². The monoisotopic (exact) mass is 241 g/mol. The molecular weight excluding hydrogens is 226 g/mol. The van der Waals surface area contributed by atoms with Gasteiger partial charge in [0.25, 0.3) is 0 Å². The molecule has 0 aromatic carbocycles. The van der Waals surface area contributed by atoms with E-state index in [1.807, 2.05) is 18.2 Å². The number of hydrogen-bond donors (Lipinski definition) is 1. The van der Waals surface area contributed by atoms with E-state index in [9.17, 15) is 4.79 Å². The first-order valence-corrected chi connectivity index (χ1v) is 5.80. The molecular formula is C14H15N3O. The summed E-state index contributed by atoms with van der Waals surface area (Å²) in [4.78, 5) is 19.3. The summed E-state index contributed by atoms with van der Waals surface area (Å²) >= 11 is 0. The maximum atomic E-state index is 11.1. The number of hydrogen-bond acceptors (Lipinski definition) is 4. The highest BCUT2D eigenvalue weighted by atomic mass is 16.1. The third-order valence-corrected chi connectivity index (χ3v) is 2.74. The molecule has 0 aliphatic carbocycles. The number of nitrogens with one attached hydrogen (secondary N) is 1. The third kappa shape index (κ3) is 2.91. The molecule has 2 rings (SSSR count). The Balaban J connectivity index is 2.08. The van der Waals surface area contributed by atoms with Crippen LogP contribution in [0.15, 0.2) is 42.9 Å². The Labute approximate surface area is 106 Å². The summed E-state index contributed by atoms with van der Waals surface area (Å²) in [7, 11) is 0. The van der Waals surface area contributed by atoms with Gasteiger partial charge in [0, 0.05) is 24.2 Å². The molecule has 1 atom stereocenters. The maximum absolute atomic E-state index is 11.1. The van der Waals surface area contributed by atoms with Crippen LogP contribution < -0.4 is 5.32 Å². The smallest absolute Gasteiger partial charge is 0.161 e. The molecule has 0 aliphatic heterocycles. The van der Waals surface area contributed by atoms with E-state index in [-0.39, 0.29) is 11.8 Å². The molecule has 18 heavy (non-hydrogen) atoms. The lowest BCUT2D eigenvalue weighted by Crippen LogP contribution is -2.08. The topological polar surface area (TPSA) is 54.9 Å². The van der Waals surface area contributed by atoms with Crippen molar-refractivity contribution in [1.82, 2.24) is 9.97 Å². The summed E-state index contributed by atoms with van der Waals surface area (Å²) < 4.78 is 0. The summed E-state index contributed by atoms with van der Waals surface area (Å²) in [6.07, 6.45) is 5.11. The Kier molecular flexibility index (Phi) is 3.67. The number of aromatic nitrogens is 2. The molecule has 2 aromatic heterocycles. The van der Waals surface area contributed by atoms with Crippen LogP contribution in [0.4, 0.5) is 5.82 Å². The Bertz CT molecular complexity index is 522. The average Bonchev–Trinajstić information content (AvgIpc) is 2.40. The van der Waals surface area contributed by atoms with Crippen molar-refractivity contribution >= 4 is 11.6 Å². The number of carbonyl (C=O) groups is 1. The van der Waals surface area contributed by atoms with Gasteiger partial charge in [0.1, 0.15) is 5.82 Å². The van der Waals surface area contributed by atoms with Gasteiger partial charge in [-0.3, -0.25) is 9.78 Å². The summed E-state index contributed by atoms with van der Waals surface area (Å²) in [6.45, 7) is 3.58. The number of nitrogens with zero attached hydrogens (tertiary/aromatic N) is 2. The molecule has 0 aliphatic rings. The van der Waals surface area contributed by atoms with E-state index in [1.165, 1.54) is 6.92 Å². The molecule has 0 bridgehead atoms. The standard InChI is InChI=1S/C14H15N3O/c1-10(12-5-7-15-8-6-12)17-14-4-3-13(9-16-14)11(2)18/h3-10H,1-2H3,(H,16,17)/t10-/m1/s1. The maximum Gasteiger partial charge on any atom is 0.161 e. The van der Waals surface area contributed by atoms with Crippen molar-refractivity contribution in [3.63, 3.8) is 0 Å². The Hall–Kier alpha value is -2.23. The first kappa shape index (κ1) is 12.2. The largest absolute Gasteiger partial charge is 0.364 e. The van der Waals surface area contributed by atoms with Crippen LogP contribution in [-0.4, -0.2) is 15.8 Å². The minimum absolute atomic E-state index is 0.0243. The highest BCUT2D eigenvalue weighted by molar-refractivity contribution is 5.93. The molecule has 0 radical (unpaired) electrons. The van der Waals surface area contributed by atoms with Crippen molar-refractivity contribution in [2.45, 2.75) is 19.9 Å². The fraction of sp³-hybridized carbons (Fsp3) is 0.214. The van der Waals surface area contributed by atoms with Crippen molar-refractivity contribution in [3.8, 4) is 0 Å². The summed E-state index contributed by atoms with van der Waals surface area (Å²) in [6, 6.07) is 7.65. The molecule has 0 saturated heterocycles. The number of carbonyl (C=O) groups excluding carboxylic acids is 1. The van der Waals surface area contributed by atoms with Gasteiger partial charge in [0.05, 0.1) is 6.04 Å². The van der Waals surface area contributed by atoms with Crippen LogP contribution >= 0.6 is 0 Å². The van der Waals surface area contributed by atoms with Crippen LogP contribution in [0.5, 0.6) is 0 Å². The molecule has 2 heterocycles. The van der Waals surface area contributed by atoms with Crippen LogP contribution in [0, 0.1) is 0 Å². The fourth-order valence-electron chi connectivity index (χ4n) is 1.64. The van der Waals surface area contributed by atoms with Crippen LogP contribution in [0.2, 0.25) is 0 Å². The molecule has 0 spiro atoms. The van der Waals surface area contributed by atoms with Gasteiger partial charge >= 0.3 is 0 Å². The SMILES string of the molecule is CC(=O)c1ccc(N[C@H](C)c2ccncc2)nc1. The zero-order valence-corrected chi connectivity index (χ0v) is 10.4. The number of anilines is 1. The number of ketones is 1. The second-order valence-corrected chi connectivity index (χ2v) is 4.13. The summed E-state index contributed by atoms with van der Waals surface area (Å²) in [5, 5.41) is 3.27. The van der Waals surface area contributed by atoms with Crippen LogP contribution in [0.1, 0.15) is 35.8 Å². The van der Waals surface area contributed by atoms with E-state index in [1.54, 1.807) is 24.7 Å². The molecule has 4 nitrogen and oxygen atoms in total. The number of pyridine rings is 2. The van der Waals surface area contributed by atoms with E-state index < -0.39 is 0 Å². The van der Waals surface area contributed by atoms with Crippen molar-refractivity contribution in [2.24, 2.45) is 0 Å². The van der Waals surface area contributed by atoms with E-state index in [2.05, 4.69) is 22.2 Å². The van der Waals surface area contributed by atoms with Gasteiger partial charge in [-0.25, -0.2) is 4.98 Å². The van der Waals surface area contributed by atoms with E-state index in [4.69, 9.17) is 0 Å². The minimum Gasteiger partial charge on any atom is -0.364 e. The second kappa shape index (κ2) is 5.40. The van der Waals surface area contributed by atoms with Gasteiger partial charge in [0.15, 0.2) is 5.78 Å². The number of rotatable bonds is 4. The Morgan fingerprint density at radius 1 is 1.22 bits per heavy atom. The predicted molar refractivity (Wildman–Crippen MR) is 70.5 cm³/mol. The van der Waals surface area contributed by atoms with Gasteiger partial charge in [-0.05, 0) is 43.7 Å². The predicted octanol–water partition coefficient (Wildman–Crippen LogP) is 2.85. The van der Waals surface area contributed by atoms with Gasteiger partial charge in [-0.2, -0.15) is 0 Å². The van der Waals surface area contributed by atoms with Gasteiger partial charge in [-0.15, -0.1) is 0 Å². The van der Waals surface area contributed by atoms with Crippen LogP contribution in [0.25, 0.3) is 0 Å². The molecule has 0 amide bonds. The molecule has 0 unspecified atom stereocenters. The number of Topliss-reactive ketones (excluding diaryl/α,β-unsaturated/α-hetero) is 1. The third-order valence-electron chi connectivity index (χ3n) is 2.74. The van der Waals surface area contributed by atoms with Gasteiger partial charge < -0.3 is 5.32 Å². The fourth-order valence-corrected chi connectivity index (χ4v) is 1.64. The first-order chi connectivity index (χ1) is 8.66. The Morgan fingerprint density at radius 2 is 1.94 bits per heavy atom. The molecule has 1 N–H and O–H groups in total. The first-order valence-electron chi connectivity index (χ1n) is 5.80. The van der Waals surface area contributed by atoms with Crippen LogP contribution in [0.3, 0.4) is 0 Å². The van der Waals surface area contributed by atoms with Crippen molar-refractivity contribution in [1.29, 1.82) is 0 Å². The Morgan fingerprint density at radius 3 is 2.50 bits per heavy atom. The zero-order chi connectivity index (χ0) is 13.0. The molecule has 0 fully saturated rings. The second-order valence-electron chi connectivity index (χ2n) is 4.13. The molecule has 4 heteroatoms. The highest BCUT2D eigenvalue weighted by Crippen LogP contribution is 2.16.